The Bertz CT molecular complexity index is 590. The maximum atomic E-state index is 8.87. The topological polar surface area (TPSA) is 40.8 Å². The third-order valence-electron chi connectivity index (χ3n) is 3.87. The zero-order valence-electron chi connectivity index (χ0n) is 13.4. The van der Waals surface area contributed by atoms with Crippen LogP contribution in [0.3, 0.4) is 0 Å². The molecule has 1 aromatic heterocycles. The van der Waals surface area contributed by atoms with E-state index in [1.807, 2.05) is 24.3 Å². The van der Waals surface area contributed by atoms with Crippen LogP contribution in [0.2, 0.25) is 0 Å². The number of nitrogens with one attached hydrogen (secondary N) is 1. The second kappa shape index (κ2) is 9.07. The average Bonchev–Trinajstić information content (AvgIpc) is 3.02. The Morgan fingerprint density at radius 2 is 1.82 bits per heavy atom. The molecular formula is C19H25N3. The fourth-order valence-corrected chi connectivity index (χ4v) is 2.58. The number of hydrogen-bond acceptors (Lipinski definition) is 2. The maximum absolute atomic E-state index is 8.87. The molecular weight excluding hydrogens is 270 g/mol. The zero-order chi connectivity index (χ0) is 15.6. The van der Waals surface area contributed by atoms with Crippen LogP contribution < -0.4 is 5.32 Å². The molecule has 0 fully saturated rings. The number of benzene rings is 1. The summed E-state index contributed by atoms with van der Waals surface area (Å²) in [6.07, 6.45) is 8.63. The molecule has 0 atom stereocenters. The van der Waals surface area contributed by atoms with E-state index in [4.69, 9.17) is 5.26 Å². The number of hydrogen-bond donors (Lipinski definition) is 1. The van der Waals surface area contributed by atoms with Gasteiger partial charge in [0.15, 0.2) is 0 Å². The van der Waals surface area contributed by atoms with Crippen molar-refractivity contribution in [3.63, 3.8) is 0 Å². The summed E-state index contributed by atoms with van der Waals surface area (Å²) >= 11 is 0. The highest BCUT2D eigenvalue weighted by Gasteiger charge is 2.03. The lowest BCUT2D eigenvalue weighted by Crippen LogP contribution is -2.16. The van der Waals surface area contributed by atoms with Gasteiger partial charge in [0, 0.05) is 24.1 Å². The van der Waals surface area contributed by atoms with Gasteiger partial charge in [-0.2, -0.15) is 5.26 Å². The van der Waals surface area contributed by atoms with E-state index in [2.05, 4.69) is 41.2 Å². The predicted molar refractivity (Wildman–Crippen MR) is 90.9 cm³/mol. The van der Waals surface area contributed by atoms with Gasteiger partial charge in [-0.1, -0.05) is 32.6 Å². The van der Waals surface area contributed by atoms with Gasteiger partial charge >= 0.3 is 0 Å². The quantitative estimate of drug-likeness (QED) is 0.696. The van der Waals surface area contributed by atoms with Crippen LogP contribution in [-0.2, 0) is 6.54 Å². The van der Waals surface area contributed by atoms with Crippen LogP contribution in [0.25, 0.3) is 5.69 Å². The normalized spacial score (nSPS) is 10.5. The van der Waals surface area contributed by atoms with Crippen LogP contribution in [0.4, 0.5) is 0 Å². The third kappa shape index (κ3) is 4.75. The summed E-state index contributed by atoms with van der Waals surface area (Å²) in [4.78, 5) is 0. The van der Waals surface area contributed by atoms with Gasteiger partial charge in [0.2, 0.25) is 0 Å². The van der Waals surface area contributed by atoms with E-state index < -0.39 is 0 Å². The van der Waals surface area contributed by atoms with E-state index in [1.165, 1.54) is 37.8 Å². The van der Waals surface area contributed by atoms with Crippen LogP contribution in [0.5, 0.6) is 0 Å². The van der Waals surface area contributed by atoms with E-state index in [1.54, 1.807) is 0 Å². The minimum absolute atomic E-state index is 0.697. The van der Waals surface area contributed by atoms with Gasteiger partial charge in [-0.15, -0.1) is 0 Å². The van der Waals surface area contributed by atoms with Crippen LogP contribution in [-0.4, -0.2) is 11.1 Å². The Morgan fingerprint density at radius 1 is 1.05 bits per heavy atom. The summed E-state index contributed by atoms with van der Waals surface area (Å²) in [7, 11) is 0. The molecule has 0 aliphatic carbocycles. The first kappa shape index (κ1) is 16.3. The van der Waals surface area contributed by atoms with E-state index in [0.29, 0.717) is 5.56 Å². The number of nitrogens with zero attached hydrogens (tertiary/aromatic N) is 2. The third-order valence-corrected chi connectivity index (χ3v) is 3.87. The minimum Gasteiger partial charge on any atom is -0.320 e. The molecule has 2 aromatic rings. The average molecular weight is 295 g/mol. The van der Waals surface area contributed by atoms with Crippen molar-refractivity contribution >= 4 is 0 Å². The van der Waals surface area contributed by atoms with Gasteiger partial charge < -0.3 is 9.88 Å². The molecule has 1 heterocycles. The highest BCUT2D eigenvalue weighted by Crippen LogP contribution is 2.13. The molecule has 0 unspecified atom stereocenters. The van der Waals surface area contributed by atoms with Gasteiger partial charge in [0.05, 0.1) is 11.6 Å². The molecule has 0 bridgehead atoms. The smallest absolute Gasteiger partial charge is 0.0991 e. The molecule has 0 aliphatic heterocycles. The van der Waals surface area contributed by atoms with Crippen molar-refractivity contribution in [3.05, 3.63) is 53.9 Å². The lowest BCUT2D eigenvalue weighted by Gasteiger charge is -2.10. The van der Waals surface area contributed by atoms with Crippen molar-refractivity contribution in [2.75, 3.05) is 6.54 Å². The van der Waals surface area contributed by atoms with Crippen molar-refractivity contribution in [3.8, 4) is 11.8 Å². The monoisotopic (exact) mass is 295 g/mol. The molecule has 22 heavy (non-hydrogen) atoms. The lowest BCUT2D eigenvalue weighted by molar-refractivity contribution is 0.578. The van der Waals surface area contributed by atoms with Crippen molar-refractivity contribution < 1.29 is 0 Å². The highest BCUT2D eigenvalue weighted by molar-refractivity contribution is 5.41. The molecule has 0 spiro atoms. The first-order valence-electron chi connectivity index (χ1n) is 8.22. The lowest BCUT2D eigenvalue weighted by atomic mass is 10.1. The molecule has 0 saturated carbocycles. The van der Waals surface area contributed by atoms with Gasteiger partial charge in [0.25, 0.3) is 0 Å². The van der Waals surface area contributed by atoms with Crippen molar-refractivity contribution in [1.82, 2.24) is 9.88 Å². The standard InChI is InChI=1S/C19H25N3/c1-2-3-4-5-6-13-21-16-19-8-7-14-22(19)18-11-9-17(15-20)10-12-18/h7-12,14,21H,2-6,13,16H2,1H3. The summed E-state index contributed by atoms with van der Waals surface area (Å²) in [6, 6.07) is 14.1. The van der Waals surface area contributed by atoms with Crippen molar-refractivity contribution in [2.24, 2.45) is 0 Å². The van der Waals surface area contributed by atoms with E-state index >= 15 is 0 Å². The Kier molecular flexibility index (Phi) is 6.73. The molecule has 0 radical (unpaired) electrons. The molecule has 3 nitrogen and oxygen atoms in total. The second-order valence-corrected chi connectivity index (χ2v) is 5.62. The zero-order valence-corrected chi connectivity index (χ0v) is 13.4. The summed E-state index contributed by atoms with van der Waals surface area (Å²) in [5, 5.41) is 12.4. The van der Waals surface area contributed by atoms with Crippen molar-refractivity contribution in [2.45, 2.75) is 45.6 Å². The Hall–Kier alpha value is -2.05. The van der Waals surface area contributed by atoms with Crippen LogP contribution >= 0.6 is 0 Å². The molecule has 116 valence electrons. The van der Waals surface area contributed by atoms with E-state index in [0.717, 1.165) is 18.8 Å². The number of unbranched alkanes of at least 4 members (excludes halogenated alkanes) is 4. The molecule has 0 saturated heterocycles. The fraction of sp³-hybridized carbons (Fsp3) is 0.421. The number of aromatic nitrogens is 1. The predicted octanol–water partition coefficient (Wildman–Crippen LogP) is 4.41. The fourth-order valence-electron chi connectivity index (χ4n) is 2.58. The van der Waals surface area contributed by atoms with Gasteiger partial charge in [-0.25, -0.2) is 0 Å². The van der Waals surface area contributed by atoms with E-state index in [-0.39, 0.29) is 0 Å². The van der Waals surface area contributed by atoms with Crippen molar-refractivity contribution in [1.29, 1.82) is 5.26 Å². The maximum Gasteiger partial charge on any atom is 0.0991 e. The first-order valence-corrected chi connectivity index (χ1v) is 8.22. The van der Waals surface area contributed by atoms with E-state index in [9.17, 15) is 0 Å². The van der Waals surface area contributed by atoms with Gasteiger partial charge in [-0.3, -0.25) is 0 Å². The first-order chi connectivity index (χ1) is 10.8. The largest absolute Gasteiger partial charge is 0.320 e. The Balaban J connectivity index is 1.83. The second-order valence-electron chi connectivity index (χ2n) is 5.62. The molecule has 2 rings (SSSR count). The Labute approximate surface area is 133 Å². The molecule has 1 aromatic carbocycles. The minimum atomic E-state index is 0.697. The van der Waals surface area contributed by atoms with Crippen LogP contribution in [0.15, 0.2) is 42.6 Å². The number of rotatable bonds is 9. The summed E-state index contributed by atoms with van der Waals surface area (Å²) in [5.74, 6) is 0. The highest BCUT2D eigenvalue weighted by atomic mass is 15.0. The number of nitriles is 1. The van der Waals surface area contributed by atoms with Gasteiger partial charge in [0.1, 0.15) is 0 Å². The van der Waals surface area contributed by atoms with Gasteiger partial charge in [-0.05, 0) is 49.4 Å². The molecule has 0 aliphatic rings. The SMILES string of the molecule is CCCCCCCNCc1cccn1-c1ccc(C#N)cc1. The Morgan fingerprint density at radius 3 is 2.55 bits per heavy atom. The molecule has 0 amide bonds. The summed E-state index contributed by atoms with van der Waals surface area (Å²) < 4.78 is 2.17. The summed E-state index contributed by atoms with van der Waals surface area (Å²) in [6.45, 7) is 4.19. The van der Waals surface area contributed by atoms with Crippen LogP contribution in [0, 0.1) is 11.3 Å². The molecule has 3 heteroatoms. The molecule has 1 N–H and O–H groups in total. The summed E-state index contributed by atoms with van der Waals surface area (Å²) in [5.41, 5.74) is 3.05. The van der Waals surface area contributed by atoms with Crippen LogP contribution in [0.1, 0.15) is 50.3 Å².